The summed E-state index contributed by atoms with van der Waals surface area (Å²) in [6, 6.07) is 7.82. The lowest BCUT2D eigenvalue weighted by Crippen LogP contribution is -2.56. The molecule has 218 valence electrons. The quantitative estimate of drug-likeness (QED) is 0.186. The van der Waals surface area contributed by atoms with E-state index in [4.69, 9.17) is 19.9 Å². The number of imide groups is 1. The number of carbonyl (C=O) groups excluding carboxylic acids is 4. The van der Waals surface area contributed by atoms with Gasteiger partial charge in [-0.25, -0.2) is 14.5 Å². The maximum atomic E-state index is 14.1. The molecule has 2 aromatic rings. The van der Waals surface area contributed by atoms with E-state index in [9.17, 15) is 29.1 Å². The lowest BCUT2D eigenvalue weighted by Gasteiger charge is -2.32. The lowest BCUT2D eigenvalue weighted by atomic mass is 9.76. The molecule has 13 nitrogen and oxygen atoms in total. The number of rotatable bonds is 10. The van der Waals surface area contributed by atoms with Crippen molar-refractivity contribution in [3.8, 4) is 11.5 Å². The summed E-state index contributed by atoms with van der Waals surface area (Å²) in [5, 5.41) is 16.1. The van der Waals surface area contributed by atoms with Crippen molar-refractivity contribution in [1.29, 1.82) is 0 Å². The normalized spacial score (nSPS) is 23.2. The van der Waals surface area contributed by atoms with Crippen LogP contribution in [0.25, 0.3) is 0 Å². The number of ether oxygens (including phenoxy) is 3. The van der Waals surface area contributed by atoms with Gasteiger partial charge in [0.1, 0.15) is 22.6 Å². The van der Waals surface area contributed by atoms with Crippen molar-refractivity contribution in [3.63, 3.8) is 0 Å². The molecule has 0 spiro atoms. The fourth-order valence-electron chi connectivity index (χ4n) is 5.89. The third-order valence-corrected chi connectivity index (χ3v) is 7.73. The predicted molar refractivity (Wildman–Crippen MR) is 145 cm³/mol. The van der Waals surface area contributed by atoms with Gasteiger partial charge < -0.3 is 30.4 Å². The summed E-state index contributed by atoms with van der Waals surface area (Å²) in [6.07, 6.45) is -0.0229. The Kier molecular flexibility index (Phi) is 8.19. The van der Waals surface area contributed by atoms with E-state index in [2.05, 4.69) is 10.6 Å². The second-order valence-electron chi connectivity index (χ2n) is 9.88. The molecule has 2 heterocycles. The maximum absolute atomic E-state index is 14.1. The second-order valence-corrected chi connectivity index (χ2v) is 9.88. The van der Waals surface area contributed by atoms with Gasteiger partial charge in [0.2, 0.25) is 11.8 Å². The number of carbonyl (C=O) groups is 5. The molecule has 0 radical (unpaired) electrons. The van der Waals surface area contributed by atoms with Crippen molar-refractivity contribution in [2.75, 3.05) is 32.8 Å². The summed E-state index contributed by atoms with van der Waals surface area (Å²) in [6.45, 7) is 1.78. The third-order valence-electron chi connectivity index (χ3n) is 7.73. The molecule has 2 aliphatic rings. The number of aryl methyl sites for hydroxylation is 1. The Hall–Kier alpha value is -4.65. The number of hydrogen-bond acceptors (Lipinski definition) is 9. The number of carboxylic acid groups (broad SMARTS) is 1. The van der Waals surface area contributed by atoms with Gasteiger partial charge in [-0.3, -0.25) is 19.7 Å². The van der Waals surface area contributed by atoms with Crippen LogP contribution in [0, 0.1) is 18.8 Å². The van der Waals surface area contributed by atoms with E-state index in [0.717, 1.165) is 4.90 Å². The fourth-order valence-corrected chi connectivity index (χ4v) is 5.89. The summed E-state index contributed by atoms with van der Waals surface area (Å²) in [4.78, 5) is 66.5. The van der Waals surface area contributed by atoms with E-state index in [1.807, 2.05) is 0 Å². The van der Waals surface area contributed by atoms with Gasteiger partial charge in [0, 0.05) is 18.7 Å². The molecule has 13 heteroatoms. The Labute approximate surface area is 235 Å². The van der Waals surface area contributed by atoms with Crippen LogP contribution in [0.4, 0.5) is 10.5 Å². The van der Waals surface area contributed by atoms with Gasteiger partial charge in [0.15, 0.2) is 0 Å². The van der Waals surface area contributed by atoms with Gasteiger partial charge in [0.05, 0.1) is 38.9 Å². The zero-order valence-corrected chi connectivity index (χ0v) is 23.1. The molecule has 2 aliphatic heterocycles. The molecule has 2 fully saturated rings. The number of fused-ring (bicyclic) bond motifs is 1. The van der Waals surface area contributed by atoms with E-state index in [1.165, 1.54) is 33.5 Å². The molecule has 0 saturated carbocycles. The van der Waals surface area contributed by atoms with Crippen LogP contribution >= 0.6 is 0 Å². The number of esters is 1. The minimum Gasteiger partial charge on any atom is -0.497 e. The highest BCUT2D eigenvalue weighted by Crippen LogP contribution is 2.53. The average Bonchev–Trinajstić information content (AvgIpc) is 3.43. The number of nitrogens with two attached hydrogens (primary N) is 1. The van der Waals surface area contributed by atoms with Crippen LogP contribution in [0.2, 0.25) is 0 Å². The second kappa shape index (κ2) is 11.5. The SMILES string of the molecule is COC(=O)c1c(OC)cc(OC)cc1C1NC(CCCNC(N)=O)(C(=O)O)C2C(=O)N(c3ccccc3C)C(=O)C12. The lowest BCUT2D eigenvalue weighted by molar-refractivity contribution is -0.149. The van der Waals surface area contributed by atoms with Crippen LogP contribution < -0.4 is 30.7 Å². The first-order valence-electron chi connectivity index (χ1n) is 12.8. The van der Waals surface area contributed by atoms with Crippen molar-refractivity contribution in [1.82, 2.24) is 10.6 Å². The Morgan fingerprint density at radius 1 is 1.10 bits per heavy atom. The largest absolute Gasteiger partial charge is 0.497 e. The van der Waals surface area contributed by atoms with E-state index in [-0.39, 0.29) is 42.0 Å². The monoisotopic (exact) mass is 568 g/mol. The number of urea groups is 1. The molecule has 4 unspecified atom stereocenters. The van der Waals surface area contributed by atoms with Crippen LogP contribution in [-0.2, 0) is 19.1 Å². The van der Waals surface area contributed by atoms with Gasteiger partial charge >= 0.3 is 18.0 Å². The standard InChI is InChI=1S/C28H32N4O9/c1-14-8-5-6-9-17(14)32-23(33)20-21(24(32)34)28(26(36)37,10-7-11-30-27(29)38)31-22(20)16-12-15(39-2)13-18(40-3)19(16)25(35)41-4/h5-6,8-9,12-13,20-22,31H,7,10-11H2,1-4H3,(H,36,37)(H3,29,30,38). The van der Waals surface area contributed by atoms with Crippen LogP contribution in [0.1, 0.15) is 40.4 Å². The number of carboxylic acids is 1. The Balaban J connectivity index is 1.94. The molecule has 2 saturated heterocycles. The van der Waals surface area contributed by atoms with Crippen LogP contribution in [0.15, 0.2) is 36.4 Å². The topological polar surface area (TPSA) is 187 Å². The average molecular weight is 569 g/mol. The zero-order chi connectivity index (χ0) is 30.1. The highest BCUT2D eigenvalue weighted by molar-refractivity contribution is 6.24. The van der Waals surface area contributed by atoms with E-state index in [0.29, 0.717) is 11.3 Å². The van der Waals surface area contributed by atoms with Crippen molar-refractivity contribution < 1.29 is 43.3 Å². The van der Waals surface area contributed by atoms with Crippen LogP contribution in [0.3, 0.4) is 0 Å². The number of hydrogen-bond donors (Lipinski definition) is 4. The molecule has 4 atom stereocenters. The zero-order valence-electron chi connectivity index (χ0n) is 23.1. The highest BCUT2D eigenvalue weighted by atomic mass is 16.5. The van der Waals surface area contributed by atoms with Gasteiger partial charge in [-0.1, -0.05) is 18.2 Å². The molecular formula is C28H32N4O9. The van der Waals surface area contributed by atoms with Gasteiger partial charge in [-0.15, -0.1) is 0 Å². The van der Waals surface area contributed by atoms with Gasteiger partial charge in [-0.2, -0.15) is 0 Å². The van der Waals surface area contributed by atoms with Crippen molar-refractivity contribution in [3.05, 3.63) is 53.1 Å². The summed E-state index contributed by atoms with van der Waals surface area (Å²) < 4.78 is 15.8. The van der Waals surface area contributed by atoms with Crippen molar-refractivity contribution >= 4 is 35.5 Å². The van der Waals surface area contributed by atoms with Crippen LogP contribution in [0.5, 0.6) is 11.5 Å². The molecule has 4 amide bonds. The molecule has 41 heavy (non-hydrogen) atoms. The first kappa shape index (κ1) is 29.3. The predicted octanol–water partition coefficient (Wildman–Crippen LogP) is 1.52. The Morgan fingerprint density at radius 2 is 1.80 bits per heavy atom. The van der Waals surface area contributed by atoms with Crippen molar-refractivity contribution in [2.24, 2.45) is 17.6 Å². The number of nitrogens with one attached hydrogen (secondary N) is 2. The first-order valence-corrected chi connectivity index (χ1v) is 12.8. The number of para-hydroxylation sites is 1. The summed E-state index contributed by atoms with van der Waals surface area (Å²) in [7, 11) is 3.92. The number of nitrogens with zero attached hydrogens (tertiary/aromatic N) is 1. The highest BCUT2D eigenvalue weighted by Gasteiger charge is 2.68. The van der Waals surface area contributed by atoms with E-state index >= 15 is 0 Å². The molecule has 2 aromatic carbocycles. The number of anilines is 1. The van der Waals surface area contributed by atoms with Crippen molar-refractivity contribution in [2.45, 2.75) is 31.3 Å². The smallest absolute Gasteiger partial charge is 0.341 e. The van der Waals surface area contributed by atoms with Gasteiger partial charge in [0.25, 0.3) is 0 Å². The summed E-state index contributed by atoms with van der Waals surface area (Å²) >= 11 is 0. The summed E-state index contributed by atoms with van der Waals surface area (Å²) in [5.74, 6) is -5.69. The molecule has 0 aliphatic carbocycles. The number of methoxy groups -OCH3 is 3. The molecular weight excluding hydrogens is 536 g/mol. The minimum atomic E-state index is -1.94. The summed E-state index contributed by atoms with van der Waals surface area (Å²) in [5.41, 5.74) is 4.33. The maximum Gasteiger partial charge on any atom is 0.341 e. The molecule has 0 aromatic heterocycles. The third kappa shape index (κ3) is 4.92. The number of amides is 4. The van der Waals surface area contributed by atoms with E-state index in [1.54, 1.807) is 31.2 Å². The van der Waals surface area contributed by atoms with Crippen LogP contribution in [-0.4, -0.2) is 68.3 Å². The number of primary amides is 1. The van der Waals surface area contributed by atoms with E-state index < -0.39 is 53.2 Å². The Morgan fingerprint density at radius 3 is 2.39 bits per heavy atom. The number of benzene rings is 2. The number of aliphatic carboxylic acids is 1. The molecule has 0 bridgehead atoms. The Bertz CT molecular complexity index is 1410. The molecule has 4 rings (SSSR count). The first-order chi connectivity index (χ1) is 19.5. The minimum absolute atomic E-state index is 0.0398. The van der Waals surface area contributed by atoms with Gasteiger partial charge in [-0.05, 0) is 43.0 Å². The molecule has 5 N–H and O–H groups in total. The fraction of sp³-hybridized carbons (Fsp3) is 0.393.